The van der Waals surface area contributed by atoms with E-state index in [4.69, 9.17) is 4.74 Å². The Hall–Kier alpha value is -2.76. The first-order valence-electron chi connectivity index (χ1n) is 11.7. The van der Waals surface area contributed by atoms with Gasteiger partial charge in [-0.25, -0.2) is 13.2 Å². The third-order valence-electron chi connectivity index (χ3n) is 6.26. The van der Waals surface area contributed by atoms with Crippen LogP contribution in [0.25, 0.3) is 0 Å². The molecule has 2 aliphatic rings. The van der Waals surface area contributed by atoms with Crippen molar-refractivity contribution < 1.29 is 27.5 Å². The minimum absolute atomic E-state index is 0.122. The van der Waals surface area contributed by atoms with E-state index in [0.29, 0.717) is 24.3 Å². The van der Waals surface area contributed by atoms with E-state index in [1.54, 1.807) is 31.2 Å². The molecular weight excluding hydrogens is 490 g/mol. The molecule has 0 saturated carbocycles. The molecule has 1 atom stereocenters. The van der Waals surface area contributed by atoms with Gasteiger partial charge in [-0.3, -0.25) is 14.9 Å². The number of alkyl carbamates (subject to hydrolysis) is 1. The Balaban J connectivity index is 1.59. The highest BCUT2D eigenvalue weighted by Crippen LogP contribution is 2.39. The molecule has 188 valence electrons. The minimum Gasteiger partial charge on any atom is -0.450 e. The highest BCUT2D eigenvalue weighted by atomic mass is 32.2. The molecule has 0 bridgehead atoms. The van der Waals surface area contributed by atoms with Gasteiger partial charge >= 0.3 is 6.09 Å². The third kappa shape index (κ3) is 5.26. The zero-order valence-corrected chi connectivity index (χ0v) is 21.4. The van der Waals surface area contributed by atoms with Crippen LogP contribution in [0.5, 0.6) is 0 Å². The van der Waals surface area contributed by atoms with Crippen molar-refractivity contribution in [2.24, 2.45) is 0 Å². The second kappa shape index (κ2) is 10.5. The minimum atomic E-state index is -3.86. The molecule has 1 aromatic carbocycles. The molecule has 2 aromatic rings. The average molecular weight is 520 g/mol. The molecule has 1 aliphatic carbocycles. The van der Waals surface area contributed by atoms with Crippen LogP contribution in [-0.2, 0) is 32.4 Å². The number of ether oxygens (including phenoxy) is 1. The van der Waals surface area contributed by atoms with Gasteiger partial charge in [0.05, 0.1) is 17.1 Å². The first kappa shape index (κ1) is 25.3. The lowest BCUT2D eigenvalue weighted by molar-refractivity contribution is -0.119. The van der Waals surface area contributed by atoms with Crippen molar-refractivity contribution in [2.45, 2.75) is 63.3 Å². The smallest absolute Gasteiger partial charge is 0.414 e. The number of carbonyl (C=O) groups is 3. The van der Waals surface area contributed by atoms with Gasteiger partial charge in [-0.1, -0.05) is 17.7 Å². The lowest BCUT2D eigenvalue weighted by atomic mass is 9.95. The van der Waals surface area contributed by atoms with E-state index in [1.807, 2.05) is 6.92 Å². The second-order valence-electron chi connectivity index (χ2n) is 8.67. The zero-order valence-electron chi connectivity index (χ0n) is 19.8. The number of hydrogen-bond donors (Lipinski definition) is 2. The molecule has 1 fully saturated rings. The van der Waals surface area contributed by atoms with Crippen molar-refractivity contribution in [2.75, 3.05) is 18.5 Å². The molecule has 4 rings (SSSR count). The van der Waals surface area contributed by atoms with Crippen LogP contribution in [0.4, 0.5) is 9.80 Å². The maximum Gasteiger partial charge on any atom is 0.414 e. The molecule has 1 aliphatic heterocycles. The number of rotatable bonds is 6. The predicted octanol–water partition coefficient (Wildman–Crippen LogP) is 3.61. The number of thiophene rings is 1. The van der Waals surface area contributed by atoms with E-state index in [2.05, 4.69) is 10.6 Å². The Labute approximate surface area is 208 Å². The van der Waals surface area contributed by atoms with Crippen LogP contribution in [-0.4, -0.2) is 49.8 Å². The number of amides is 3. The monoisotopic (exact) mass is 519 g/mol. The van der Waals surface area contributed by atoms with Crippen molar-refractivity contribution in [3.05, 3.63) is 45.8 Å². The molecule has 0 radical (unpaired) electrons. The zero-order chi connectivity index (χ0) is 25.2. The van der Waals surface area contributed by atoms with E-state index in [1.165, 1.54) is 15.6 Å². The SMILES string of the molecule is CCOC(=O)NC(=O)c1c(NC(=O)C2CCCN2S(=O)(=O)c2ccc(C)cc2)sc2c1CCCC2. The summed E-state index contributed by atoms with van der Waals surface area (Å²) in [6.45, 7) is 3.88. The van der Waals surface area contributed by atoms with Crippen LogP contribution in [0.15, 0.2) is 29.2 Å². The van der Waals surface area contributed by atoms with Gasteiger partial charge in [-0.2, -0.15) is 4.31 Å². The molecule has 11 heteroatoms. The van der Waals surface area contributed by atoms with Crippen LogP contribution in [0.3, 0.4) is 0 Å². The number of fused-ring (bicyclic) bond motifs is 1. The summed E-state index contributed by atoms with van der Waals surface area (Å²) < 4.78 is 32.6. The highest BCUT2D eigenvalue weighted by Gasteiger charge is 2.40. The van der Waals surface area contributed by atoms with Crippen molar-refractivity contribution in [3.63, 3.8) is 0 Å². The number of nitrogens with zero attached hydrogens (tertiary/aromatic N) is 1. The maximum absolute atomic E-state index is 13.3. The lowest BCUT2D eigenvalue weighted by Gasteiger charge is -2.23. The highest BCUT2D eigenvalue weighted by molar-refractivity contribution is 7.89. The first-order chi connectivity index (χ1) is 16.7. The molecular formula is C24H29N3O6S2. The van der Waals surface area contributed by atoms with Crippen molar-refractivity contribution in [1.82, 2.24) is 9.62 Å². The summed E-state index contributed by atoms with van der Waals surface area (Å²) in [5.41, 5.74) is 2.03. The molecule has 9 nitrogen and oxygen atoms in total. The largest absolute Gasteiger partial charge is 0.450 e. The molecule has 1 aromatic heterocycles. The van der Waals surface area contributed by atoms with E-state index in [0.717, 1.165) is 35.3 Å². The normalized spacial score (nSPS) is 18.1. The molecule has 0 spiro atoms. The number of aryl methyl sites for hydroxylation is 2. The first-order valence-corrected chi connectivity index (χ1v) is 14.0. The molecule has 1 saturated heterocycles. The number of carbonyl (C=O) groups excluding carboxylic acids is 3. The standard InChI is InChI=1S/C24H29N3O6S2/c1-3-33-24(30)26-22(29)20-17-7-4-5-9-19(17)34-23(20)25-21(28)18-8-6-14-27(18)35(31,32)16-12-10-15(2)11-13-16/h10-13,18H,3-9,14H2,1-2H3,(H,25,28)(H,26,29,30). The van der Waals surface area contributed by atoms with Gasteiger partial charge in [0.1, 0.15) is 11.0 Å². The third-order valence-corrected chi connectivity index (χ3v) is 9.39. The average Bonchev–Trinajstić information content (AvgIpc) is 3.45. The molecule has 1 unspecified atom stereocenters. The number of imide groups is 1. The van der Waals surface area contributed by atoms with Crippen molar-refractivity contribution in [1.29, 1.82) is 0 Å². The Morgan fingerprint density at radius 1 is 1.11 bits per heavy atom. The van der Waals surface area contributed by atoms with Gasteiger partial charge < -0.3 is 10.1 Å². The van der Waals surface area contributed by atoms with Crippen LogP contribution >= 0.6 is 11.3 Å². The van der Waals surface area contributed by atoms with E-state index < -0.39 is 34.0 Å². The fourth-order valence-corrected chi connectivity index (χ4v) is 7.49. The predicted molar refractivity (Wildman–Crippen MR) is 132 cm³/mol. The summed E-state index contributed by atoms with van der Waals surface area (Å²) in [6, 6.07) is 5.65. The van der Waals surface area contributed by atoms with Gasteiger partial charge in [0.2, 0.25) is 15.9 Å². The quantitative estimate of drug-likeness (QED) is 0.601. The van der Waals surface area contributed by atoms with E-state index in [9.17, 15) is 22.8 Å². The lowest BCUT2D eigenvalue weighted by Crippen LogP contribution is -2.43. The van der Waals surface area contributed by atoms with E-state index in [-0.39, 0.29) is 23.6 Å². The Morgan fingerprint density at radius 2 is 1.83 bits per heavy atom. The molecule has 3 amide bonds. The molecule has 2 heterocycles. The molecule has 35 heavy (non-hydrogen) atoms. The van der Waals surface area contributed by atoms with Gasteiger partial charge in [0.25, 0.3) is 5.91 Å². The fraction of sp³-hybridized carbons (Fsp3) is 0.458. The number of anilines is 1. The fourth-order valence-electron chi connectivity index (χ4n) is 4.55. The van der Waals surface area contributed by atoms with Crippen molar-refractivity contribution >= 4 is 44.3 Å². The Morgan fingerprint density at radius 3 is 2.54 bits per heavy atom. The number of sulfonamides is 1. The number of hydrogen-bond acceptors (Lipinski definition) is 7. The van der Waals surface area contributed by atoms with E-state index >= 15 is 0 Å². The van der Waals surface area contributed by atoms with Crippen LogP contribution in [0.2, 0.25) is 0 Å². The summed E-state index contributed by atoms with van der Waals surface area (Å²) in [5.74, 6) is -1.12. The summed E-state index contributed by atoms with van der Waals surface area (Å²) in [4.78, 5) is 39.3. The van der Waals surface area contributed by atoms with Crippen LogP contribution in [0.1, 0.15) is 59.0 Å². The van der Waals surface area contributed by atoms with Gasteiger partial charge in [-0.15, -0.1) is 11.3 Å². The topological polar surface area (TPSA) is 122 Å². The van der Waals surface area contributed by atoms with Crippen molar-refractivity contribution in [3.8, 4) is 0 Å². The Bertz CT molecular complexity index is 1240. The summed E-state index contributed by atoms with van der Waals surface area (Å²) >= 11 is 1.31. The summed E-state index contributed by atoms with van der Waals surface area (Å²) in [7, 11) is -3.86. The van der Waals surface area contributed by atoms with Gasteiger partial charge in [-0.05, 0) is 70.1 Å². The molecule has 2 N–H and O–H groups in total. The summed E-state index contributed by atoms with van der Waals surface area (Å²) in [6.07, 6.45) is 3.42. The second-order valence-corrected chi connectivity index (χ2v) is 11.7. The van der Waals surface area contributed by atoms with Crippen LogP contribution < -0.4 is 10.6 Å². The maximum atomic E-state index is 13.3. The van der Waals surface area contributed by atoms with Gasteiger partial charge in [0, 0.05) is 11.4 Å². The summed E-state index contributed by atoms with van der Waals surface area (Å²) in [5, 5.41) is 5.38. The van der Waals surface area contributed by atoms with Gasteiger partial charge in [0.15, 0.2) is 0 Å². The van der Waals surface area contributed by atoms with Crippen LogP contribution in [0, 0.1) is 6.92 Å². The number of benzene rings is 1. The number of nitrogens with one attached hydrogen (secondary N) is 2. The Kier molecular flexibility index (Phi) is 7.58.